The smallest absolute Gasteiger partial charge is 0.206 e. The Morgan fingerprint density at radius 1 is 1.12 bits per heavy atom. The molecular formula is C17H14Cl2N2O3S2. The zero-order valence-electron chi connectivity index (χ0n) is 13.6. The predicted molar refractivity (Wildman–Crippen MR) is 104 cm³/mol. The molecule has 0 fully saturated rings. The van der Waals surface area contributed by atoms with Crippen molar-refractivity contribution in [3.05, 3.63) is 63.0 Å². The van der Waals surface area contributed by atoms with Crippen molar-refractivity contribution >= 4 is 50.1 Å². The maximum Gasteiger partial charge on any atom is 0.206 e. The van der Waals surface area contributed by atoms with Crippen molar-refractivity contribution in [3.63, 3.8) is 0 Å². The van der Waals surface area contributed by atoms with Gasteiger partial charge in [-0.3, -0.25) is 0 Å². The lowest BCUT2D eigenvalue weighted by atomic mass is 10.3. The van der Waals surface area contributed by atoms with E-state index in [-0.39, 0.29) is 9.79 Å². The Balaban J connectivity index is 1.92. The second-order valence-electron chi connectivity index (χ2n) is 5.29. The van der Waals surface area contributed by atoms with Gasteiger partial charge in [0.1, 0.15) is 5.75 Å². The lowest BCUT2D eigenvalue weighted by Gasteiger charge is -2.11. The number of hydrogen-bond donors (Lipinski definition) is 1. The minimum Gasteiger partial charge on any atom is -0.497 e. The molecule has 0 bridgehead atoms. The zero-order valence-corrected chi connectivity index (χ0v) is 16.7. The van der Waals surface area contributed by atoms with E-state index in [1.807, 2.05) is 0 Å². The average molecular weight is 429 g/mol. The molecule has 2 aromatic carbocycles. The van der Waals surface area contributed by atoms with Crippen LogP contribution in [0.1, 0.15) is 4.88 Å². The molecule has 0 amide bonds. The highest BCUT2D eigenvalue weighted by Crippen LogP contribution is 2.29. The lowest BCUT2D eigenvalue weighted by Crippen LogP contribution is -2.05. The molecule has 0 aliphatic carbocycles. The molecule has 0 radical (unpaired) electrons. The maximum atomic E-state index is 12.9. The third kappa shape index (κ3) is 4.29. The first-order valence-electron chi connectivity index (χ1n) is 7.42. The summed E-state index contributed by atoms with van der Waals surface area (Å²) in [6.07, 6.45) is 1.67. The van der Waals surface area contributed by atoms with Crippen LogP contribution in [0.3, 0.4) is 0 Å². The minimum atomic E-state index is -3.70. The van der Waals surface area contributed by atoms with Gasteiger partial charge in [0.25, 0.3) is 0 Å². The molecule has 0 atom stereocenters. The number of methoxy groups -OCH3 is 1. The van der Waals surface area contributed by atoms with Crippen LogP contribution in [-0.4, -0.2) is 20.5 Å². The van der Waals surface area contributed by atoms with Gasteiger partial charge in [0.05, 0.1) is 23.4 Å². The zero-order chi connectivity index (χ0) is 18.7. The number of anilines is 1. The summed E-state index contributed by atoms with van der Waals surface area (Å²) in [6, 6.07) is 10.8. The largest absolute Gasteiger partial charge is 0.497 e. The van der Waals surface area contributed by atoms with Crippen LogP contribution in [-0.2, 0) is 16.4 Å². The predicted octanol–water partition coefficient (Wildman–Crippen LogP) is 4.90. The van der Waals surface area contributed by atoms with Gasteiger partial charge >= 0.3 is 0 Å². The van der Waals surface area contributed by atoms with Crippen LogP contribution < -0.4 is 10.1 Å². The van der Waals surface area contributed by atoms with E-state index in [4.69, 9.17) is 27.9 Å². The van der Waals surface area contributed by atoms with Crippen molar-refractivity contribution in [2.75, 3.05) is 12.4 Å². The van der Waals surface area contributed by atoms with Gasteiger partial charge in [-0.15, -0.1) is 11.3 Å². The quantitative estimate of drug-likeness (QED) is 0.604. The van der Waals surface area contributed by atoms with E-state index in [2.05, 4.69) is 10.3 Å². The first-order valence-corrected chi connectivity index (χ1v) is 10.5. The Bertz CT molecular complexity index is 1020. The van der Waals surface area contributed by atoms with Crippen molar-refractivity contribution in [3.8, 4) is 5.75 Å². The van der Waals surface area contributed by atoms with Crippen LogP contribution in [0.5, 0.6) is 5.75 Å². The lowest BCUT2D eigenvalue weighted by molar-refractivity contribution is 0.413. The van der Waals surface area contributed by atoms with Crippen LogP contribution in [0.4, 0.5) is 5.69 Å². The molecule has 0 aliphatic heterocycles. The Hall–Kier alpha value is -1.80. The monoisotopic (exact) mass is 428 g/mol. The number of nitrogens with zero attached hydrogens (tertiary/aromatic N) is 1. The van der Waals surface area contributed by atoms with E-state index in [0.29, 0.717) is 27.5 Å². The summed E-state index contributed by atoms with van der Waals surface area (Å²) < 4.78 is 31.5. The van der Waals surface area contributed by atoms with E-state index in [1.54, 1.807) is 30.5 Å². The summed E-state index contributed by atoms with van der Waals surface area (Å²) in [4.78, 5) is 5.20. The molecule has 0 saturated heterocycles. The van der Waals surface area contributed by atoms with E-state index >= 15 is 0 Å². The Morgan fingerprint density at radius 3 is 2.46 bits per heavy atom. The fourth-order valence-corrected chi connectivity index (χ4v) is 4.61. The van der Waals surface area contributed by atoms with Gasteiger partial charge in [0.15, 0.2) is 4.47 Å². The third-order valence-electron chi connectivity index (χ3n) is 3.54. The molecule has 9 heteroatoms. The van der Waals surface area contributed by atoms with Gasteiger partial charge in [-0.25, -0.2) is 13.4 Å². The number of thiazole rings is 1. The van der Waals surface area contributed by atoms with E-state index in [9.17, 15) is 8.42 Å². The van der Waals surface area contributed by atoms with Gasteiger partial charge in [-0.2, -0.15) is 0 Å². The highest BCUT2D eigenvalue weighted by Gasteiger charge is 2.19. The minimum absolute atomic E-state index is 0.129. The van der Waals surface area contributed by atoms with Crippen molar-refractivity contribution in [1.29, 1.82) is 0 Å². The molecule has 0 spiro atoms. The number of halogens is 2. The standard InChI is InChI=1S/C17H14Cl2N2O3S2/c1-24-13-6-12(20-9-14-10-21-17(19)25-14)7-16(8-13)26(22,23)15-4-2-11(18)3-5-15/h2-8,10,20H,9H2,1H3. The number of sulfone groups is 1. The number of nitrogens with one attached hydrogen (secondary N) is 1. The molecule has 1 N–H and O–H groups in total. The van der Waals surface area contributed by atoms with Gasteiger partial charge in [-0.05, 0) is 36.4 Å². The fourth-order valence-electron chi connectivity index (χ4n) is 2.25. The summed E-state index contributed by atoms with van der Waals surface area (Å²) in [5.41, 5.74) is 0.612. The molecule has 0 aliphatic rings. The molecule has 5 nitrogen and oxygen atoms in total. The van der Waals surface area contributed by atoms with E-state index in [0.717, 1.165) is 4.88 Å². The van der Waals surface area contributed by atoms with Gasteiger partial charge < -0.3 is 10.1 Å². The SMILES string of the molecule is COc1cc(NCc2cnc(Cl)s2)cc(S(=O)(=O)c2ccc(Cl)cc2)c1. The van der Waals surface area contributed by atoms with Crippen LogP contribution in [0.25, 0.3) is 0 Å². The highest BCUT2D eigenvalue weighted by atomic mass is 35.5. The first kappa shape index (κ1) is 19.0. The molecule has 1 aromatic heterocycles. The Kier molecular flexibility index (Phi) is 5.72. The summed E-state index contributed by atoms with van der Waals surface area (Å²) in [6.45, 7) is 0.470. The number of rotatable bonds is 6. The Labute approximate surface area is 165 Å². The number of aromatic nitrogens is 1. The number of ether oxygens (including phenoxy) is 1. The van der Waals surface area contributed by atoms with Crippen LogP contribution in [0.2, 0.25) is 9.49 Å². The number of benzene rings is 2. The molecular weight excluding hydrogens is 415 g/mol. The molecule has 3 rings (SSSR count). The van der Waals surface area contributed by atoms with E-state index in [1.165, 1.54) is 36.6 Å². The van der Waals surface area contributed by atoms with Gasteiger partial charge in [-0.1, -0.05) is 23.2 Å². The second-order valence-corrected chi connectivity index (χ2v) is 9.37. The maximum absolute atomic E-state index is 12.9. The molecule has 0 saturated carbocycles. The Morgan fingerprint density at radius 2 is 1.85 bits per heavy atom. The normalized spacial score (nSPS) is 11.3. The van der Waals surface area contributed by atoms with Crippen molar-refractivity contribution in [2.45, 2.75) is 16.3 Å². The van der Waals surface area contributed by atoms with Crippen molar-refractivity contribution < 1.29 is 13.2 Å². The molecule has 1 heterocycles. The third-order valence-corrected chi connectivity index (χ3v) is 6.66. The summed E-state index contributed by atoms with van der Waals surface area (Å²) in [5.74, 6) is 0.435. The fraction of sp³-hybridized carbons (Fsp3) is 0.118. The van der Waals surface area contributed by atoms with E-state index < -0.39 is 9.84 Å². The van der Waals surface area contributed by atoms with Crippen LogP contribution in [0, 0.1) is 0 Å². The van der Waals surface area contributed by atoms with Gasteiger partial charge in [0.2, 0.25) is 9.84 Å². The summed E-state index contributed by atoms with van der Waals surface area (Å²) in [7, 11) is -2.21. The van der Waals surface area contributed by atoms with Crippen molar-refractivity contribution in [2.24, 2.45) is 0 Å². The van der Waals surface area contributed by atoms with Crippen LogP contribution >= 0.6 is 34.5 Å². The molecule has 136 valence electrons. The summed E-state index contributed by atoms with van der Waals surface area (Å²) in [5, 5.41) is 3.64. The molecule has 0 unspecified atom stereocenters. The topological polar surface area (TPSA) is 68.3 Å². The summed E-state index contributed by atoms with van der Waals surface area (Å²) >= 11 is 13.0. The average Bonchev–Trinajstić information content (AvgIpc) is 3.05. The van der Waals surface area contributed by atoms with Crippen molar-refractivity contribution in [1.82, 2.24) is 4.98 Å². The molecule has 26 heavy (non-hydrogen) atoms. The van der Waals surface area contributed by atoms with Crippen LogP contribution in [0.15, 0.2) is 58.5 Å². The molecule has 3 aromatic rings. The number of hydrogen-bond acceptors (Lipinski definition) is 6. The van der Waals surface area contributed by atoms with Gasteiger partial charge in [0, 0.05) is 27.9 Å². The second kappa shape index (κ2) is 7.84. The highest BCUT2D eigenvalue weighted by molar-refractivity contribution is 7.91. The first-order chi connectivity index (χ1) is 12.4.